The van der Waals surface area contributed by atoms with E-state index in [0.717, 1.165) is 0 Å². The van der Waals surface area contributed by atoms with Gasteiger partial charge < -0.3 is 9.15 Å². The van der Waals surface area contributed by atoms with Crippen molar-refractivity contribution in [3.8, 4) is 0 Å². The average molecular weight is 215 g/mol. The number of halogens is 1. The molecule has 76 valence electrons. The fourth-order valence-corrected chi connectivity index (χ4v) is 1.02. The molecular formula is C10H11ClO3. The molecular weight excluding hydrogens is 204 g/mol. The van der Waals surface area contributed by atoms with Gasteiger partial charge in [0.1, 0.15) is 12.4 Å². The van der Waals surface area contributed by atoms with Crippen molar-refractivity contribution in [2.75, 3.05) is 12.5 Å². The first-order valence-corrected chi connectivity index (χ1v) is 4.73. The molecule has 0 aliphatic carbocycles. The third-order valence-electron chi connectivity index (χ3n) is 1.51. The number of carbonyl (C=O) groups is 1. The monoisotopic (exact) mass is 214 g/mol. The third kappa shape index (κ3) is 3.77. The second kappa shape index (κ2) is 6.40. The smallest absolute Gasteiger partial charge is 0.185 e. The summed E-state index contributed by atoms with van der Waals surface area (Å²) in [7, 11) is 0. The Morgan fingerprint density at radius 2 is 2.29 bits per heavy atom. The highest BCUT2D eigenvalue weighted by Crippen LogP contribution is 2.06. The molecule has 0 atom stereocenters. The van der Waals surface area contributed by atoms with E-state index in [9.17, 15) is 4.79 Å². The van der Waals surface area contributed by atoms with Crippen LogP contribution in [0.3, 0.4) is 0 Å². The molecule has 0 radical (unpaired) electrons. The van der Waals surface area contributed by atoms with Gasteiger partial charge in [-0.25, -0.2) is 0 Å². The van der Waals surface area contributed by atoms with Crippen molar-refractivity contribution in [2.45, 2.75) is 6.61 Å². The summed E-state index contributed by atoms with van der Waals surface area (Å²) in [5, 5.41) is 0. The molecule has 3 nitrogen and oxygen atoms in total. The Labute approximate surface area is 87.3 Å². The number of aldehydes is 1. The first-order chi connectivity index (χ1) is 6.86. The minimum Gasteiger partial charge on any atom is -0.456 e. The van der Waals surface area contributed by atoms with Crippen LogP contribution in [0.1, 0.15) is 16.3 Å². The summed E-state index contributed by atoms with van der Waals surface area (Å²) < 4.78 is 10.3. The quantitative estimate of drug-likeness (QED) is 0.316. The summed E-state index contributed by atoms with van der Waals surface area (Å²) in [6, 6.07) is 3.33. The summed E-state index contributed by atoms with van der Waals surface area (Å²) in [5.74, 6) is 1.45. The summed E-state index contributed by atoms with van der Waals surface area (Å²) >= 11 is 5.42. The Morgan fingerprint density at radius 1 is 1.43 bits per heavy atom. The highest BCUT2D eigenvalue weighted by atomic mass is 35.5. The van der Waals surface area contributed by atoms with Gasteiger partial charge in [0, 0.05) is 5.88 Å². The second-order valence-corrected chi connectivity index (χ2v) is 2.87. The Hall–Kier alpha value is -1.06. The molecule has 0 saturated carbocycles. The van der Waals surface area contributed by atoms with Crippen LogP contribution < -0.4 is 0 Å². The molecule has 0 bridgehead atoms. The van der Waals surface area contributed by atoms with Gasteiger partial charge in [-0.2, -0.15) is 0 Å². The third-order valence-corrected chi connectivity index (χ3v) is 1.69. The molecule has 0 aromatic carbocycles. The summed E-state index contributed by atoms with van der Waals surface area (Å²) in [5.41, 5.74) is 0. The predicted octanol–water partition coefficient (Wildman–Crippen LogP) is 2.40. The highest BCUT2D eigenvalue weighted by Gasteiger charge is 1.99. The van der Waals surface area contributed by atoms with Crippen LogP contribution in [0.25, 0.3) is 0 Å². The zero-order chi connectivity index (χ0) is 10.2. The van der Waals surface area contributed by atoms with Crippen LogP contribution in [0.4, 0.5) is 0 Å². The summed E-state index contributed by atoms with van der Waals surface area (Å²) in [6.45, 7) is 0.851. The van der Waals surface area contributed by atoms with E-state index in [1.165, 1.54) is 0 Å². The van der Waals surface area contributed by atoms with Crippen LogP contribution >= 0.6 is 11.6 Å². The molecule has 0 aliphatic rings. The van der Waals surface area contributed by atoms with E-state index in [-0.39, 0.29) is 0 Å². The summed E-state index contributed by atoms with van der Waals surface area (Å²) in [6.07, 6.45) is 4.30. The fraction of sp³-hybridized carbons (Fsp3) is 0.300. The topological polar surface area (TPSA) is 39.4 Å². The molecule has 4 heteroatoms. The van der Waals surface area contributed by atoms with Gasteiger partial charge in [0.15, 0.2) is 12.0 Å². The number of carbonyl (C=O) groups excluding carboxylic acids is 1. The molecule has 14 heavy (non-hydrogen) atoms. The van der Waals surface area contributed by atoms with Crippen LogP contribution in [-0.2, 0) is 11.3 Å². The van der Waals surface area contributed by atoms with Crippen LogP contribution in [0, 0.1) is 0 Å². The molecule has 1 heterocycles. The van der Waals surface area contributed by atoms with Crippen LogP contribution in [0.15, 0.2) is 28.7 Å². The minimum atomic E-state index is 0.319. The van der Waals surface area contributed by atoms with Crippen molar-refractivity contribution in [3.63, 3.8) is 0 Å². The molecule has 0 saturated heterocycles. The van der Waals surface area contributed by atoms with Crippen molar-refractivity contribution in [3.05, 3.63) is 35.8 Å². The van der Waals surface area contributed by atoms with Crippen molar-refractivity contribution in [1.29, 1.82) is 0 Å². The van der Waals surface area contributed by atoms with Gasteiger partial charge in [-0.3, -0.25) is 4.79 Å². The Morgan fingerprint density at radius 3 is 2.93 bits per heavy atom. The van der Waals surface area contributed by atoms with Crippen LogP contribution in [-0.4, -0.2) is 18.8 Å². The van der Waals surface area contributed by atoms with E-state index in [1.807, 2.05) is 6.08 Å². The second-order valence-electron chi connectivity index (χ2n) is 2.56. The predicted molar refractivity (Wildman–Crippen MR) is 53.6 cm³/mol. The lowest BCUT2D eigenvalue weighted by Gasteiger charge is -1.96. The molecule has 0 fully saturated rings. The largest absolute Gasteiger partial charge is 0.456 e. The molecule has 0 N–H and O–H groups in total. The van der Waals surface area contributed by atoms with E-state index < -0.39 is 0 Å². The van der Waals surface area contributed by atoms with Gasteiger partial charge in [-0.15, -0.1) is 11.6 Å². The number of hydrogen-bond donors (Lipinski definition) is 0. The van der Waals surface area contributed by atoms with Gasteiger partial charge in [-0.05, 0) is 12.1 Å². The lowest BCUT2D eigenvalue weighted by atomic mass is 10.4. The SMILES string of the molecule is O=Cc1ccc(COC/C=C\CCl)o1. The maximum Gasteiger partial charge on any atom is 0.185 e. The Kier molecular flexibility index (Phi) is 5.04. The number of rotatable bonds is 6. The first-order valence-electron chi connectivity index (χ1n) is 4.19. The first kappa shape index (κ1) is 11.0. The Bertz CT molecular complexity index is 304. The molecule has 0 spiro atoms. The molecule has 0 aliphatic heterocycles. The molecule has 1 rings (SSSR count). The number of allylic oxidation sites excluding steroid dienone is 1. The van der Waals surface area contributed by atoms with E-state index in [4.69, 9.17) is 20.8 Å². The van der Waals surface area contributed by atoms with Crippen molar-refractivity contribution in [2.24, 2.45) is 0 Å². The van der Waals surface area contributed by atoms with Crippen LogP contribution in [0.5, 0.6) is 0 Å². The number of hydrogen-bond acceptors (Lipinski definition) is 3. The number of alkyl halides is 1. The van der Waals surface area contributed by atoms with E-state index in [2.05, 4.69) is 0 Å². The van der Waals surface area contributed by atoms with Gasteiger partial charge >= 0.3 is 0 Å². The van der Waals surface area contributed by atoms with Crippen molar-refractivity contribution in [1.82, 2.24) is 0 Å². The van der Waals surface area contributed by atoms with Gasteiger partial charge in [-0.1, -0.05) is 12.2 Å². The normalized spacial score (nSPS) is 10.9. The zero-order valence-electron chi connectivity index (χ0n) is 7.61. The van der Waals surface area contributed by atoms with E-state index >= 15 is 0 Å². The molecule has 0 unspecified atom stereocenters. The van der Waals surface area contributed by atoms with Crippen molar-refractivity contribution < 1.29 is 13.9 Å². The van der Waals surface area contributed by atoms with Crippen LogP contribution in [0.2, 0.25) is 0 Å². The fourth-order valence-electron chi connectivity index (χ4n) is 0.894. The lowest BCUT2D eigenvalue weighted by Crippen LogP contribution is -1.90. The molecule has 1 aromatic heterocycles. The maximum atomic E-state index is 10.3. The number of furan rings is 1. The lowest BCUT2D eigenvalue weighted by molar-refractivity contribution is 0.108. The van der Waals surface area contributed by atoms with E-state index in [0.29, 0.717) is 36.9 Å². The van der Waals surface area contributed by atoms with Crippen molar-refractivity contribution >= 4 is 17.9 Å². The Balaban J connectivity index is 2.24. The van der Waals surface area contributed by atoms with Gasteiger partial charge in [0.2, 0.25) is 0 Å². The zero-order valence-corrected chi connectivity index (χ0v) is 8.37. The minimum absolute atomic E-state index is 0.319. The van der Waals surface area contributed by atoms with E-state index in [1.54, 1.807) is 18.2 Å². The molecule has 1 aromatic rings. The summed E-state index contributed by atoms with van der Waals surface area (Å²) in [4.78, 5) is 10.3. The van der Waals surface area contributed by atoms with Gasteiger partial charge in [0.25, 0.3) is 0 Å². The van der Waals surface area contributed by atoms with Gasteiger partial charge in [0.05, 0.1) is 6.61 Å². The highest BCUT2D eigenvalue weighted by molar-refractivity contribution is 6.18. The maximum absolute atomic E-state index is 10.3. The average Bonchev–Trinajstić information content (AvgIpc) is 2.65. The number of ether oxygens (including phenoxy) is 1. The molecule has 0 amide bonds. The standard InChI is InChI=1S/C10H11ClO3/c11-5-1-2-6-13-8-10-4-3-9(7-12)14-10/h1-4,7H,5-6,8H2/b2-1-.